The second-order valence-corrected chi connectivity index (χ2v) is 7.83. The van der Waals surface area contributed by atoms with E-state index in [-0.39, 0.29) is 18.2 Å². The lowest BCUT2D eigenvalue weighted by Crippen LogP contribution is -2.32. The standard InChI is InChI=1S/C26H25FN2O5/c1-32-22-11-17(12-23(33-2)25(22)34-3)21(14-24(30)28-19-9-6-8-18(27)13-19)29-15-16-7-4-5-10-20(16)26(29)31/h4-13,21H,14-15H2,1-3H3,(H,28,30). The van der Waals surface area contributed by atoms with Crippen LogP contribution in [0, 0.1) is 5.82 Å². The summed E-state index contributed by atoms with van der Waals surface area (Å²) >= 11 is 0. The van der Waals surface area contributed by atoms with Gasteiger partial charge in [0.15, 0.2) is 11.5 Å². The summed E-state index contributed by atoms with van der Waals surface area (Å²) in [6.45, 7) is 0.351. The molecule has 1 N–H and O–H groups in total. The highest BCUT2D eigenvalue weighted by molar-refractivity contribution is 5.99. The number of fused-ring (bicyclic) bond motifs is 1. The second-order valence-electron chi connectivity index (χ2n) is 7.83. The summed E-state index contributed by atoms with van der Waals surface area (Å²) < 4.78 is 30.0. The van der Waals surface area contributed by atoms with E-state index in [1.54, 1.807) is 29.2 Å². The number of methoxy groups -OCH3 is 3. The van der Waals surface area contributed by atoms with E-state index >= 15 is 0 Å². The van der Waals surface area contributed by atoms with Crippen molar-refractivity contribution >= 4 is 17.5 Å². The van der Waals surface area contributed by atoms with Crippen LogP contribution in [0.1, 0.15) is 33.9 Å². The quantitative estimate of drug-likeness (QED) is 0.528. The Morgan fingerprint density at radius 2 is 1.71 bits per heavy atom. The first-order chi connectivity index (χ1) is 16.4. The van der Waals surface area contributed by atoms with Crippen molar-refractivity contribution in [2.24, 2.45) is 0 Å². The molecule has 1 aliphatic heterocycles. The molecule has 2 amide bonds. The Morgan fingerprint density at radius 1 is 1.00 bits per heavy atom. The van der Waals surface area contributed by atoms with Crippen LogP contribution >= 0.6 is 0 Å². The molecular formula is C26H25FN2O5. The summed E-state index contributed by atoms with van der Waals surface area (Å²) in [7, 11) is 4.51. The van der Waals surface area contributed by atoms with Crippen LogP contribution in [-0.2, 0) is 11.3 Å². The van der Waals surface area contributed by atoms with Crippen LogP contribution in [0.5, 0.6) is 17.2 Å². The zero-order chi connectivity index (χ0) is 24.2. The number of hydrogen-bond donors (Lipinski definition) is 1. The lowest BCUT2D eigenvalue weighted by molar-refractivity contribution is -0.117. The minimum Gasteiger partial charge on any atom is -0.493 e. The van der Waals surface area contributed by atoms with E-state index < -0.39 is 11.9 Å². The molecule has 7 nitrogen and oxygen atoms in total. The highest BCUT2D eigenvalue weighted by Gasteiger charge is 2.35. The first-order valence-electron chi connectivity index (χ1n) is 10.7. The summed E-state index contributed by atoms with van der Waals surface area (Å²) in [6.07, 6.45) is -0.0606. The third kappa shape index (κ3) is 4.52. The van der Waals surface area contributed by atoms with Gasteiger partial charge in [-0.15, -0.1) is 0 Å². The van der Waals surface area contributed by atoms with Gasteiger partial charge in [0.05, 0.1) is 33.8 Å². The van der Waals surface area contributed by atoms with Crippen molar-refractivity contribution in [2.45, 2.75) is 19.0 Å². The fourth-order valence-corrected chi connectivity index (χ4v) is 4.18. The average molecular weight is 464 g/mol. The Labute approximate surface area is 197 Å². The molecule has 1 heterocycles. The van der Waals surface area contributed by atoms with Crippen molar-refractivity contribution in [3.8, 4) is 17.2 Å². The number of carbonyl (C=O) groups excluding carboxylic acids is 2. The maximum atomic E-state index is 13.6. The van der Waals surface area contributed by atoms with Gasteiger partial charge in [-0.25, -0.2) is 4.39 Å². The predicted molar refractivity (Wildman–Crippen MR) is 125 cm³/mol. The van der Waals surface area contributed by atoms with Gasteiger partial charge in [-0.05, 0) is 47.5 Å². The van der Waals surface area contributed by atoms with Crippen LogP contribution in [0.3, 0.4) is 0 Å². The van der Waals surface area contributed by atoms with E-state index in [0.717, 1.165) is 5.56 Å². The molecular weight excluding hydrogens is 439 g/mol. The molecule has 3 aromatic rings. The van der Waals surface area contributed by atoms with Crippen molar-refractivity contribution < 1.29 is 28.2 Å². The molecule has 0 saturated heterocycles. The number of rotatable bonds is 8. The van der Waals surface area contributed by atoms with Gasteiger partial charge < -0.3 is 24.4 Å². The Kier molecular flexibility index (Phi) is 6.67. The van der Waals surface area contributed by atoms with E-state index in [0.29, 0.717) is 40.6 Å². The zero-order valence-electron chi connectivity index (χ0n) is 19.1. The number of nitrogens with one attached hydrogen (secondary N) is 1. The Bertz CT molecular complexity index is 1200. The normalized spacial score (nSPS) is 13.3. The number of benzene rings is 3. The van der Waals surface area contributed by atoms with Crippen LogP contribution in [0.4, 0.5) is 10.1 Å². The second kappa shape index (κ2) is 9.82. The smallest absolute Gasteiger partial charge is 0.255 e. The van der Waals surface area contributed by atoms with Crippen LogP contribution in [0.15, 0.2) is 60.7 Å². The van der Waals surface area contributed by atoms with Crippen molar-refractivity contribution in [1.29, 1.82) is 0 Å². The molecule has 1 unspecified atom stereocenters. The van der Waals surface area contributed by atoms with Gasteiger partial charge in [0, 0.05) is 17.8 Å². The maximum Gasteiger partial charge on any atom is 0.255 e. The molecule has 0 aliphatic carbocycles. The Hall–Kier alpha value is -4.07. The minimum absolute atomic E-state index is 0.0606. The van der Waals surface area contributed by atoms with Gasteiger partial charge in [0.2, 0.25) is 11.7 Å². The molecule has 1 aliphatic rings. The van der Waals surface area contributed by atoms with Gasteiger partial charge in [-0.1, -0.05) is 24.3 Å². The molecule has 3 aromatic carbocycles. The van der Waals surface area contributed by atoms with E-state index in [2.05, 4.69) is 5.32 Å². The molecule has 0 aromatic heterocycles. The topological polar surface area (TPSA) is 77.1 Å². The maximum absolute atomic E-state index is 13.6. The number of ether oxygens (including phenoxy) is 3. The Balaban J connectivity index is 1.72. The average Bonchev–Trinajstić information content (AvgIpc) is 3.17. The fourth-order valence-electron chi connectivity index (χ4n) is 4.18. The molecule has 4 rings (SSSR count). The van der Waals surface area contributed by atoms with Crippen molar-refractivity contribution in [3.63, 3.8) is 0 Å². The number of halogens is 1. The van der Waals surface area contributed by atoms with Crippen molar-refractivity contribution in [3.05, 3.63) is 83.2 Å². The fraction of sp³-hybridized carbons (Fsp3) is 0.231. The van der Waals surface area contributed by atoms with E-state index in [4.69, 9.17) is 14.2 Å². The molecule has 8 heteroatoms. The van der Waals surface area contributed by atoms with E-state index in [1.165, 1.54) is 39.5 Å². The monoisotopic (exact) mass is 464 g/mol. The summed E-state index contributed by atoms with van der Waals surface area (Å²) in [5.74, 6) is 0.242. The van der Waals surface area contributed by atoms with E-state index in [9.17, 15) is 14.0 Å². The summed E-state index contributed by atoms with van der Waals surface area (Å²) in [6, 6.07) is 15.8. The highest BCUT2D eigenvalue weighted by atomic mass is 19.1. The summed E-state index contributed by atoms with van der Waals surface area (Å²) in [5, 5.41) is 2.72. The largest absolute Gasteiger partial charge is 0.493 e. The molecule has 0 bridgehead atoms. The summed E-state index contributed by atoms with van der Waals surface area (Å²) in [5.41, 5.74) is 2.47. The van der Waals surface area contributed by atoms with E-state index in [1.807, 2.05) is 18.2 Å². The summed E-state index contributed by atoms with van der Waals surface area (Å²) in [4.78, 5) is 28.0. The highest BCUT2D eigenvalue weighted by Crippen LogP contribution is 2.43. The van der Waals surface area contributed by atoms with Crippen molar-refractivity contribution in [2.75, 3.05) is 26.6 Å². The third-order valence-corrected chi connectivity index (χ3v) is 5.78. The molecule has 0 spiro atoms. The number of nitrogens with zero attached hydrogens (tertiary/aromatic N) is 1. The number of amides is 2. The number of carbonyl (C=O) groups is 2. The number of anilines is 1. The van der Waals surface area contributed by atoms with Crippen molar-refractivity contribution in [1.82, 2.24) is 4.90 Å². The molecule has 0 saturated carbocycles. The molecule has 0 radical (unpaired) electrons. The van der Waals surface area contributed by atoms with Gasteiger partial charge >= 0.3 is 0 Å². The third-order valence-electron chi connectivity index (χ3n) is 5.78. The van der Waals surface area contributed by atoms with Gasteiger partial charge in [-0.2, -0.15) is 0 Å². The molecule has 176 valence electrons. The Morgan fingerprint density at radius 3 is 2.32 bits per heavy atom. The molecule has 34 heavy (non-hydrogen) atoms. The molecule has 0 fully saturated rings. The lowest BCUT2D eigenvalue weighted by Gasteiger charge is -2.29. The zero-order valence-corrected chi connectivity index (χ0v) is 19.1. The SMILES string of the molecule is COc1cc(C(CC(=O)Nc2cccc(F)c2)N2Cc3ccccc3C2=O)cc(OC)c1OC. The predicted octanol–water partition coefficient (Wildman–Crippen LogP) is 4.58. The van der Waals surface area contributed by atoms with Crippen LogP contribution in [-0.4, -0.2) is 38.0 Å². The number of hydrogen-bond acceptors (Lipinski definition) is 5. The van der Waals surface area contributed by atoms with Crippen LogP contribution in [0.25, 0.3) is 0 Å². The minimum atomic E-state index is -0.637. The first kappa shape index (κ1) is 23.1. The molecule has 1 atom stereocenters. The van der Waals surface area contributed by atoms with Crippen LogP contribution < -0.4 is 19.5 Å². The van der Waals surface area contributed by atoms with Gasteiger partial charge in [0.25, 0.3) is 5.91 Å². The van der Waals surface area contributed by atoms with Gasteiger partial charge in [0.1, 0.15) is 5.82 Å². The lowest BCUT2D eigenvalue weighted by atomic mass is 10.00. The van der Waals surface area contributed by atoms with Gasteiger partial charge in [-0.3, -0.25) is 9.59 Å². The van der Waals surface area contributed by atoms with Crippen LogP contribution in [0.2, 0.25) is 0 Å². The first-order valence-corrected chi connectivity index (χ1v) is 10.7.